The number of nitrogens with zero attached hydrogens (tertiary/aromatic N) is 2. The molecule has 1 aromatic rings. The predicted octanol–water partition coefficient (Wildman–Crippen LogP) is 1.11. The van der Waals surface area contributed by atoms with Crippen molar-refractivity contribution in [1.82, 2.24) is 9.80 Å². The molecule has 5 nitrogen and oxygen atoms in total. The second-order valence-corrected chi connectivity index (χ2v) is 5.53. The second-order valence-electron chi connectivity index (χ2n) is 5.09. The van der Waals surface area contributed by atoms with E-state index in [1.807, 2.05) is 36.2 Å². The van der Waals surface area contributed by atoms with Gasteiger partial charge in [-0.05, 0) is 25.6 Å². The Morgan fingerprint density at radius 2 is 1.95 bits per heavy atom. The highest BCUT2D eigenvalue weighted by atomic mass is 32.1. The first kappa shape index (κ1) is 17.4. The lowest BCUT2D eigenvalue weighted by Gasteiger charge is -2.19. The Hall–Kier alpha value is -1.66. The third kappa shape index (κ3) is 6.10. The van der Waals surface area contributed by atoms with Crippen molar-refractivity contribution in [2.24, 2.45) is 5.73 Å². The standard InChI is InChI=1S/C15H23N3O2S/c1-17(2)14(19)11-18(3)9-6-10-20-13-8-5-4-7-12(13)15(16)21/h4-5,7-8H,6,9-11H2,1-3H3,(H2,16,21). The van der Waals surface area contributed by atoms with Crippen LogP contribution in [0.25, 0.3) is 0 Å². The normalized spacial score (nSPS) is 10.5. The first-order valence-electron chi connectivity index (χ1n) is 6.82. The molecular weight excluding hydrogens is 286 g/mol. The van der Waals surface area contributed by atoms with Gasteiger partial charge in [-0.3, -0.25) is 9.69 Å². The SMILES string of the molecule is CN(CCCOc1ccccc1C(N)=S)CC(=O)N(C)C. The van der Waals surface area contributed by atoms with Crippen LogP contribution in [0.3, 0.4) is 0 Å². The van der Waals surface area contributed by atoms with E-state index in [0.717, 1.165) is 18.5 Å². The largest absolute Gasteiger partial charge is 0.493 e. The smallest absolute Gasteiger partial charge is 0.236 e. The molecule has 0 fully saturated rings. The van der Waals surface area contributed by atoms with E-state index in [2.05, 4.69) is 0 Å². The Kier molecular flexibility index (Phi) is 7.11. The van der Waals surface area contributed by atoms with Crippen LogP contribution in [-0.2, 0) is 4.79 Å². The molecule has 0 aromatic heterocycles. The van der Waals surface area contributed by atoms with Gasteiger partial charge in [0.1, 0.15) is 10.7 Å². The van der Waals surface area contributed by atoms with Crippen LogP contribution >= 0.6 is 12.2 Å². The molecule has 0 unspecified atom stereocenters. The Balaban J connectivity index is 2.35. The zero-order chi connectivity index (χ0) is 15.8. The fourth-order valence-electron chi connectivity index (χ4n) is 1.76. The first-order valence-corrected chi connectivity index (χ1v) is 7.23. The van der Waals surface area contributed by atoms with E-state index in [-0.39, 0.29) is 5.91 Å². The molecule has 6 heteroatoms. The molecular formula is C15H23N3O2S. The van der Waals surface area contributed by atoms with Crippen LogP contribution in [0, 0.1) is 0 Å². The molecule has 21 heavy (non-hydrogen) atoms. The van der Waals surface area contributed by atoms with Crippen LogP contribution in [0.5, 0.6) is 5.75 Å². The third-order valence-corrected chi connectivity index (χ3v) is 3.22. The van der Waals surface area contributed by atoms with Gasteiger partial charge < -0.3 is 15.4 Å². The minimum atomic E-state index is 0.0947. The minimum absolute atomic E-state index is 0.0947. The van der Waals surface area contributed by atoms with Crippen molar-refractivity contribution in [3.63, 3.8) is 0 Å². The number of para-hydroxylation sites is 1. The molecule has 0 heterocycles. The van der Waals surface area contributed by atoms with Crippen LogP contribution in [0.2, 0.25) is 0 Å². The van der Waals surface area contributed by atoms with E-state index in [4.69, 9.17) is 22.7 Å². The van der Waals surface area contributed by atoms with Gasteiger partial charge in [0.15, 0.2) is 0 Å². The molecule has 0 saturated heterocycles. The van der Waals surface area contributed by atoms with Gasteiger partial charge in [0.2, 0.25) is 5.91 Å². The summed E-state index contributed by atoms with van der Waals surface area (Å²) in [6.45, 7) is 1.76. The van der Waals surface area contributed by atoms with Crippen molar-refractivity contribution in [3.8, 4) is 5.75 Å². The molecule has 0 saturated carbocycles. The Morgan fingerprint density at radius 3 is 2.57 bits per heavy atom. The molecule has 1 amide bonds. The number of carbonyl (C=O) groups is 1. The number of nitrogens with two attached hydrogens (primary N) is 1. The first-order chi connectivity index (χ1) is 9.91. The van der Waals surface area contributed by atoms with Crippen molar-refractivity contribution in [2.75, 3.05) is 40.8 Å². The monoisotopic (exact) mass is 309 g/mol. The summed E-state index contributed by atoms with van der Waals surface area (Å²) in [6, 6.07) is 7.47. The summed E-state index contributed by atoms with van der Waals surface area (Å²) < 4.78 is 5.71. The van der Waals surface area contributed by atoms with Crippen molar-refractivity contribution < 1.29 is 9.53 Å². The summed E-state index contributed by atoms with van der Waals surface area (Å²) in [6.07, 6.45) is 0.822. The topological polar surface area (TPSA) is 58.8 Å². The summed E-state index contributed by atoms with van der Waals surface area (Å²) in [4.78, 5) is 15.5. The predicted molar refractivity (Wildman–Crippen MR) is 88.6 cm³/mol. The summed E-state index contributed by atoms with van der Waals surface area (Å²) in [5, 5.41) is 0. The molecule has 0 aliphatic rings. The highest BCUT2D eigenvalue weighted by Gasteiger charge is 2.08. The molecule has 0 spiro atoms. The van der Waals surface area contributed by atoms with Gasteiger partial charge in [-0.2, -0.15) is 0 Å². The van der Waals surface area contributed by atoms with E-state index >= 15 is 0 Å². The molecule has 0 radical (unpaired) electrons. The summed E-state index contributed by atoms with van der Waals surface area (Å²) in [5.41, 5.74) is 6.40. The number of hydrogen-bond donors (Lipinski definition) is 1. The molecule has 0 atom stereocenters. The number of thiocarbonyl (C=S) groups is 1. The van der Waals surface area contributed by atoms with Crippen molar-refractivity contribution in [3.05, 3.63) is 29.8 Å². The van der Waals surface area contributed by atoms with E-state index in [0.29, 0.717) is 23.9 Å². The van der Waals surface area contributed by atoms with Gasteiger partial charge in [0, 0.05) is 20.6 Å². The average Bonchev–Trinajstić information content (AvgIpc) is 2.43. The maximum absolute atomic E-state index is 11.6. The van der Waals surface area contributed by atoms with E-state index in [1.165, 1.54) is 0 Å². The number of hydrogen-bond acceptors (Lipinski definition) is 4. The van der Waals surface area contributed by atoms with Gasteiger partial charge in [-0.25, -0.2) is 0 Å². The summed E-state index contributed by atoms with van der Waals surface area (Å²) in [7, 11) is 5.43. The van der Waals surface area contributed by atoms with Gasteiger partial charge in [0.25, 0.3) is 0 Å². The molecule has 116 valence electrons. The second kappa shape index (κ2) is 8.59. The van der Waals surface area contributed by atoms with Gasteiger partial charge in [-0.15, -0.1) is 0 Å². The van der Waals surface area contributed by atoms with Gasteiger partial charge in [0.05, 0.1) is 18.7 Å². The van der Waals surface area contributed by atoms with Crippen LogP contribution in [0.4, 0.5) is 0 Å². The lowest BCUT2D eigenvalue weighted by molar-refractivity contribution is -0.129. The van der Waals surface area contributed by atoms with Crippen LogP contribution in [0.15, 0.2) is 24.3 Å². The number of likely N-dealkylation sites (N-methyl/N-ethyl adjacent to an activating group) is 2. The van der Waals surface area contributed by atoms with Crippen LogP contribution in [-0.4, -0.2) is 61.5 Å². The van der Waals surface area contributed by atoms with Crippen molar-refractivity contribution in [1.29, 1.82) is 0 Å². The summed E-state index contributed by atoms with van der Waals surface area (Å²) >= 11 is 4.99. The fraction of sp³-hybridized carbons (Fsp3) is 0.467. The number of benzene rings is 1. The Bertz CT molecular complexity index is 492. The lowest BCUT2D eigenvalue weighted by atomic mass is 10.2. The number of ether oxygens (including phenoxy) is 1. The highest BCUT2D eigenvalue weighted by molar-refractivity contribution is 7.80. The van der Waals surface area contributed by atoms with Crippen LogP contribution in [0.1, 0.15) is 12.0 Å². The Labute approximate surface area is 131 Å². The molecule has 0 aliphatic carbocycles. The van der Waals surface area contributed by atoms with Crippen molar-refractivity contribution in [2.45, 2.75) is 6.42 Å². The summed E-state index contributed by atoms with van der Waals surface area (Å²) in [5.74, 6) is 0.800. The molecule has 1 rings (SSSR count). The zero-order valence-electron chi connectivity index (χ0n) is 12.8. The molecule has 0 bridgehead atoms. The lowest BCUT2D eigenvalue weighted by Crippen LogP contribution is -2.35. The van der Waals surface area contributed by atoms with E-state index in [9.17, 15) is 4.79 Å². The number of carbonyl (C=O) groups excluding carboxylic acids is 1. The average molecular weight is 309 g/mol. The Morgan fingerprint density at radius 1 is 1.29 bits per heavy atom. The van der Waals surface area contributed by atoms with E-state index in [1.54, 1.807) is 19.0 Å². The number of rotatable bonds is 8. The quantitative estimate of drug-likeness (QED) is 0.576. The van der Waals surface area contributed by atoms with Crippen molar-refractivity contribution >= 4 is 23.1 Å². The minimum Gasteiger partial charge on any atom is -0.493 e. The van der Waals surface area contributed by atoms with Crippen LogP contribution < -0.4 is 10.5 Å². The number of amides is 1. The van der Waals surface area contributed by atoms with E-state index < -0.39 is 0 Å². The highest BCUT2D eigenvalue weighted by Crippen LogP contribution is 2.17. The van der Waals surface area contributed by atoms with Gasteiger partial charge in [-0.1, -0.05) is 24.4 Å². The molecule has 0 aliphatic heterocycles. The molecule has 2 N–H and O–H groups in total. The molecule has 1 aromatic carbocycles. The zero-order valence-corrected chi connectivity index (χ0v) is 13.7. The third-order valence-electron chi connectivity index (χ3n) is 3.00. The van der Waals surface area contributed by atoms with Gasteiger partial charge >= 0.3 is 0 Å². The maximum atomic E-state index is 11.6. The maximum Gasteiger partial charge on any atom is 0.236 e. The fourth-order valence-corrected chi connectivity index (χ4v) is 1.93.